The zero-order valence-corrected chi connectivity index (χ0v) is 12.4. The fourth-order valence-electron chi connectivity index (χ4n) is 1.70. The Balaban J connectivity index is 1.87. The first-order valence-corrected chi connectivity index (χ1v) is 6.85. The lowest BCUT2D eigenvalue weighted by Gasteiger charge is -2.12. The summed E-state index contributed by atoms with van der Waals surface area (Å²) in [4.78, 5) is 21.9. The molecule has 2 aromatic carbocycles. The Hall–Kier alpha value is -3.22. The van der Waals surface area contributed by atoms with Crippen LogP contribution < -0.4 is 10.2 Å². The molecule has 1 N–H and O–H groups in total. The van der Waals surface area contributed by atoms with Gasteiger partial charge in [-0.15, -0.1) is 0 Å². The summed E-state index contributed by atoms with van der Waals surface area (Å²) in [6.45, 7) is 1.56. The Morgan fingerprint density at radius 2 is 1.87 bits per heavy atom. The van der Waals surface area contributed by atoms with Gasteiger partial charge < -0.3 is 4.74 Å². The van der Waals surface area contributed by atoms with E-state index in [2.05, 4.69) is 10.5 Å². The molecule has 2 rings (SSSR count). The average Bonchev–Trinajstić information content (AvgIpc) is 2.56. The van der Waals surface area contributed by atoms with Crippen LogP contribution in [-0.4, -0.2) is 23.1 Å². The SMILES string of the molecule is CC(Oc1ccc([N+](=O)[O-])cc1)C(=O)NN=Cc1ccccc1. The van der Waals surface area contributed by atoms with Crippen LogP contribution in [0.25, 0.3) is 0 Å². The molecular formula is C16H15N3O4. The number of hydrazone groups is 1. The van der Waals surface area contributed by atoms with Gasteiger partial charge in [0.25, 0.3) is 11.6 Å². The largest absolute Gasteiger partial charge is 0.481 e. The second kappa shape index (κ2) is 7.69. The summed E-state index contributed by atoms with van der Waals surface area (Å²) >= 11 is 0. The Morgan fingerprint density at radius 3 is 2.48 bits per heavy atom. The number of nitro groups is 1. The number of benzene rings is 2. The molecule has 1 atom stereocenters. The molecule has 0 aliphatic carbocycles. The lowest BCUT2D eigenvalue weighted by molar-refractivity contribution is -0.384. The quantitative estimate of drug-likeness (QED) is 0.503. The van der Waals surface area contributed by atoms with Crippen molar-refractivity contribution in [2.45, 2.75) is 13.0 Å². The van der Waals surface area contributed by atoms with E-state index in [0.717, 1.165) is 5.56 Å². The predicted molar refractivity (Wildman–Crippen MR) is 85.4 cm³/mol. The number of hydrogen-bond donors (Lipinski definition) is 1. The van der Waals surface area contributed by atoms with Crippen molar-refractivity contribution in [1.29, 1.82) is 0 Å². The van der Waals surface area contributed by atoms with E-state index in [9.17, 15) is 14.9 Å². The minimum atomic E-state index is -0.788. The van der Waals surface area contributed by atoms with E-state index in [1.54, 1.807) is 6.92 Å². The summed E-state index contributed by atoms with van der Waals surface area (Å²) in [7, 11) is 0. The number of nitro benzene ring substituents is 1. The summed E-state index contributed by atoms with van der Waals surface area (Å²) < 4.78 is 5.41. The third-order valence-corrected chi connectivity index (χ3v) is 2.92. The van der Waals surface area contributed by atoms with Crippen LogP contribution in [0.15, 0.2) is 59.7 Å². The highest BCUT2D eigenvalue weighted by molar-refractivity contribution is 5.84. The first-order valence-electron chi connectivity index (χ1n) is 6.85. The number of rotatable bonds is 6. The van der Waals surface area contributed by atoms with Gasteiger partial charge in [0.2, 0.25) is 0 Å². The van der Waals surface area contributed by atoms with Crippen LogP contribution in [0.5, 0.6) is 5.75 Å². The van der Waals surface area contributed by atoms with E-state index < -0.39 is 16.9 Å². The van der Waals surface area contributed by atoms with Gasteiger partial charge in [-0.3, -0.25) is 14.9 Å². The van der Waals surface area contributed by atoms with Crippen molar-refractivity contribution in [3.05, 3.63) is 70.3 Å². The third-order valence-electron chi connectivity index (χ3n) is 2.92. The Morgan fingerprint density at radius 1 is 1.22 bits per heavy atom. The minimum absolute atomic E-state index is 0.0399. The molecule has 2 aromatic rings. The zero-order valence-electron chi connectivity index (χ0n) is 12.4. The molecule has 1 amide bonds. The van der Waals surface area contributed by atoms with Crippen LogP contribution in [0, 0.1) is 10.1 Å². The molecule has 0 fully saturated rings. The molecule has 0 spiro atoms. The van der Waals surface area contributed by atoms with Gasteiger partial charge in [0.15, 0.2) is 6.10 Å². The van der Waals surface area contributed by atoms with E-state index in [1.807, 2.05) is 30.3 Å². The maximum Gasteiger partial charge on any atom is 0.280 e. The van der Waals surface area contributed by atoms with Crippen LogP contribution in [0.1, 0.15) is 12.5 Å². The highest BCUT2D eigenvalue weighted by Crippen LogP contribution is 2.18. The second-order valence-electron chi connectivity index (χ2n) is 4.66. The van der Waals surface area contributed by atoms with Crippen LogP contribution in [0.4, 0.5) is 5.69 Å². The van der Waals surface area contributed by atoms with Crippen molar-refractivity contribution in [3.8, 4) is 5.75 Å². The molecule has 1 unspecified atom stereocenters. The van der Waals surface area contributed by atoms with Crippen molar-refractivity contribution in [3.63, 3.8) is 0 Å². The van der Waals surface area contributed by atoms with Crippen LogP contribution in [-0.2, 0) is 4.79 Å². The molecule has 0 aromatic heterocycles. The van der Waals surface area contributed by atoms with Crippen molar-refractivity contribution in [1.82, 2.24) is 5.43 Å². The number of nitrogens with zero attached hydrogens (tertiary/aromatic N) is 2. The van der Waals surface area contributed by atoms with Crippen LogP contribution >= 0.6 is 0 Å². The zero-order chi connectivity index (χ0) is 16.7. The second-order valence-corrected chi connectivity index (χ2v) is 4.66. The standard InChI is InChI=1S/C16H15N3O4/c1-12(23-15-9-7-14(8-10-15)19(21)22)16(20)18-17-11-13-5-3-2-4-6-13/h2-12H,1H3,(H,18,20). The number of carbonyl (C=O) groups excluding carboxylic acids is 1. The first kappa shape index (κ1) is 16.2. The molecule has 0 aliphatic heterocycles. The van der Waals surface area contributed by atoms with E-state index in [1.165, 1.54) is 30.5 Å². The molecule has 0 heterocycles. The van der Waals surface area contributed by atoms with E-state index in [-0.39, 0.29) is 5.69 Å². The topological polar surface area (TPSA) is 93.8 Å². The van der Waals surface area contributed by atoms with Crippen molar-refractivity contribution < 1.29 is 14.5 Å². The van der Waals surface area contributed by atoms with Gasteiger partial charge in [-0.1, -0.05) is 30.3 Å². The van der Waals surface area contributed by atoms with Crippen LogP contribution in [0.2, 0.25) is 0 Å². The summed E-state index contributed by atoms with van der Waals surface area (Å²) in [5.74, 6) is -0.0548. The lowest BCUT2D eigenvalue weighted by Crippen LogP contribution is -2.33. The summed E-state index contributed by atoms with van der Waals surface area (Å²) in [5, 5.41) is 14.4. The van der Waals surface area contributed by atoms with Crippen molar-refractivity contribution >= 4 is 17.8 Å². The molecule has 23 heavy (non-hydrogen) atoms. The normalized spacial score (nSPS) is 11.9. The van der Waals surface area contributed by atoms with Gasteiger partial charge in [0.1, 0.15) is 5.75 Å². The fraction of sp³-hybridized carbons (Fsp3) is 0.125. The highest BCUT2D eigenvalue weighted by atomic mass is 16.6. The summed E-state index contributed by atoms with van der Waals surface area (Å²) in [6, 6.07) is 14.8. The highest BCUT2D eigenvalue weighted by Gasteiger charge is 2.14. The monoisotopic (exact) mass is 313 g/mol. The average molecular weight is 313 g/mol. The number of hydrogen-bond acceptors (Lipinski definition) is 5. The maximum atomic E-state index is 11.9. The van der Waals surface area contributed by atoms with Crippen molar-refractivity contribution in [2.24, 2.45) is 5.10 Å². The molecule has 0 bridgehead atoms. The van der Waals surface area contributed by atoms with Gasteiger partial charge in [-0.2, -0.15) is 5.10 Å². The molecule has 0 saturated carbocycles. The molecule has 0 radical (unpaired) electrons. The lowest BCUT2D eigenvalue weighted by atomic mass is 10.2. The Labute approximate surface area is 132 Å². The van der Waals surface area contributed by atoms with Gasteiger partial charge in [0, 0.05) is 12.1 Å². The van der Waals surface area contributed by atoms with E-state index >= 15 is 0 Å². The summed E-state index contributed by atoms with van der Waals surface area (Å²) in [6.07, 6.45) is 0.737. The summed E-state index contributed by atoms with van der Waals surface area (Å²) in [5.41, 5.74) is 3.20. The molecule has 118 valence electrons. The van der Waals surface area contributed by atoms with Crippen molar-refractivity contribution in [2.75, 3.05) is 0 Å². The van der Waals surface area contributed by atoms with E-state index in [0.29, 0.717) is 5.75 Å². The number of ether oxygens (including phenoxy) is 1. The fourth-order valence-corrected chi connectivity index (χ4v) is 1.70. The number of nitrogens with one attached hydrogen (secondary N) is 1. The van der Waals surface area contributed by atoms with E-state index in [4.69, 9.17) is 4.74 Å². The number of amides is 1. The Kier molecular flexibility index (Phi) is 5.40. The minimum Gasteiger partial charge on any atom is -0.481 e. The Bertz CT molecular complexity index is 699. The maximum absolute atomic E-state index is 11.9. The molecule has 7 heteroatoms. The molecule has 0 saturated heterocycles. The van der Waals surface area contributed by atoms with Gasteiger partial charge in [0.05, 0.1) is 11.1 Å². The predicted octanol–water partition coefficient (Wildman–Crippen LogP) is 2.51. The first-order chi connectivity index (χ1) is 11.1. The molecular weight excluding hydrogens is 298 g/mol. The van der Waals surface area contributed by atoms with Crippen LogP contribution in [0.3, 0.4) is 0 Å². The number of non-ortho nitro benzene ring substituents is 1. The third kappa shape index (κ3) is 4.92. The molecule has 7 nitrogen and oxygen atoms in total. The van der Waals surface area contributed by atoms with Gasteiger partial charge in [-0.25, -0.2) is 5.43 Å². The molecule has 0 aliphatic rings. The van der Waals surface area contributed by atoms with Gasteiger partial charge in [-0.05, 0) is 24.6 Å². The smallest absolute Gasteiger partial charge is 0.280 e. The number of carbonyl (C=O) groups is 1. The van der Waals surface area contributed by atoms with Gasteiger partial charge >= 0.3 is 0 Å².